The van der Waals surface area contributed by atoms with Gasteiger partial charge in [-0.15, -0.1) is 0 Å². The summed E-state index contributed by atoms with van der Waals surface area (Å²) < 4.78 is 0. The summed E-state index contributed by atoms with van der Waals surface area (Å²) in [7, 11) is 0. The third kappa shape index (κ3) is 2.28. The van der Waals surface area contributed by atoms with Gasteiger partial charge in [0.2, 0.25) is 0 Å². The summed E-state index contributed by atoms with van der Waals surface area (Å²) in [6.45, 7) is 3.99. The second-order valence-corrected chi connectivity index (χ2v) is 5.06. The molecular formula is C17H17N3. The average molecular weight is 263 g/mol. The molecule has 1 unspecified atom stereocenters. The van der Waals surface area contributed by atoms with Crippen molar-refractivity contribution in [1.82, 2.24) is 9.97 Å². The van der Waals surface area contributed by atoms with Crippen LogP contribution in [0.1, 0.15) is 28.6 Å². The van der Waals surface area contributed by atoms with Crippen LogP contribution in [0.2, 0.25) is 0 Å². The van der Waals surface area contributed by atoms with Crippen molar-refractivity contribution in [2.75, 3.05) is 0 Å². The Morgan fingerprint density at radius 1 is 1.05 bits per heavy atom. The Hall–Kier alpha value is -2.26. The highest BCUT2D eigenvalue weighted by Crippen LogP contribution is 2.24. The number of nitrogens with two attached hydrogens (primary N) is 1. The molecule has 0 aliphatic carbocycles. The average Bonchev–Trinajstić information content (AvgIpc) is 2.46. The van der Waals surface area contributed by atoms with Crippen molar-refractivity contribution in [3.63, 3.8) is 0 Å². The van der Waals surface area contributed by atoms with E-state index in [2.05, 4.69) is 28.2 Å². The quantitative estimate of drug-likeness (QED) is 0.771. The maximum atomic E-state index is 6.40. The molecule has 3 aromatic rings. The summed E-state index contributed by atoms with van der Waals surface area (Å²) in [6, 6.07) is 14.1. The lowest BCUT2D eigenvalue weighted by Gasteiger charge is -2.15. The monoisotopic (exact) mass is 263 g/mol. The Balaban J connectivity index is 2.05. The molecule has 2 N–H and O–H groups in total. The minimum atomic E-state index is -0.160. The first kappa shape index (κ1) is 12.8. The molecule has 3 nitrogen and oxygen atoms in total. The number of rotatable bonds is 2. The maximum Gasteiger partial charge on any atom is 0.0702 e. The number of hydrogen-bond acceptors (Lipinski definition) is 3. The zero-order chi connectivity index (χ0) is 14.1. The van der Waals surface area contributed by atoms with E-state index in [9.17, 15) is 0 Å². The Kier molecular flexibility index (Phi) is 3.20. The lowest BCUT2D eigenvalue weighted by atomic mass is 9.97. The van der Waals surface area contributed by atoms with E-state index < -0.39 is 0 Å². The van der Waals surface area contributed by atoms with Crippen molar-refractivity contribution < 1.29 is 0 Å². The van der Waals surface area contributed by atoms with E-state index in [-0.39, 0.29) is 6.04 Å². The molecule has 0 spiro atoms. The van der Waals surface area contributed by atoms with Crippen LogP contribution in [-0.2, 0) is 0 Å². The van der Waals surface area contributed by atoms with Crippen molar-refractivity contribution >= 4 is 10.9 Å². The van der Waals surface area contributed by atoms with E-state index in [1.807, 2.05) is 38.1 Å². The lowest BCUT2D eigenvalue weighted by molar-refractivity contribution is 0.845. The van der Waals surface area contributed by atoms with Crippen molar-refractivity contribution in [3.8, 4) is 0 Å². The molecule has 0 aliphatic rings. The molecule has 0 bridgehead atoms. The molecule has 1 atom stereocenters. The predicted molar refractivity (Wildman–Crippen MR) is 81.5 cm³/mol. The SMILES string of the molecule is Cc1ccc(C(N)c2ccc3ncccc3c2)c(C)n1. The highest BCUT2D eigenvalue weighted by atomic mass is 14.7. The van der Waals surface area contributed by atoms with Crippen LogP contribution in [0, 0.1) is 13.8 Å². The van der Waals surface area contributed by atoms with Gasteiger partial charge in [-0.25, -0.2) is 0 Å². The predicted octanol–water partition coefficient (Wildman–Crippen LogP) is 3.29. The first-order chi connectivity index (χ1) is 9.65. The number of fused-ring (bicyclic) bond motifs is 1. The van der Waals surface area contributed by atoms with E-state index in [1.165, 1.54) is 0 Å². The molecule has 0 aliphatic heterocycles. The molecular weight excluding hydrogens is 246 g/mol. The fourth-order valence-corrected chi connectivity index (χ4v) is 2.49. The van der Waals surface area contributed by atoms with Crippen LogP contribution < -0.4 is 5.73 Å². The number of pyridine rings is 2. The van der Waals surface area contributed by atoms with E-state index >= 15 is 0 Å². The van der Waals surface area contributed by atoms with Crippen LogP contribution in [-0.4, -0.2) is 9.97 Å². The number of nitrogens with zero attached hydrogens (tertiary/aromatic N) is 2. The maximum absolute atomic E-state index is 6.40. The molecule has 0 amide bonds. The second kappa shape index (κ2) is 5.02. The molecule has 3 heteroatoms. The zero-order valence-corrected chi connectivity index (χ0v) is 11.7. The second-order valence-electron chi connectivity index (χ2n) is 5.06. The normalized spacial score (nSPS) is 12.6. The molecule has 0 radical (unpaired) electrons. The van der Waals surface area contributed by atoms with Gasteiger partial charge in [0.1, 0.15) is 0 Å². The summed E-state index contributed by atoms with van der Waals surface area (Å²) >= 11 is 0. The third-order valence-electron chi connectivity index (χ3n) is 3.59. The van der Waals surface area contributed by atoms with E-state index in [0.29, 0.717) is 0 Å². The van der Waals surface area contributed by atoms with Crippen LogP contribution in [0.5, 0.6) is 0 Å². The Morgan fingerprint density at radius 3 is 2.70 bits per heavy atom. The number of benzene rings is 1. The van der Waals surface area contributed by atoms with Crippen LogP contribution >= 0.6 is 0 Å². The van der Waals surface area contributed by atoms with Gasteiger partial charge in [0, 0.05) is 23.0 Å². The summed E-state index contributed by atoms with van der Waals surface area (Å²) in [5, 5.41) is 1.11. The minimum Gasteiger partial charge on any atom is -0.320 e. The first-order valence-corrected chi connectivity index (χ1v) is 6.69. The fraction of sp³-hybridized carbons (Fsp3) is 0.176. The van der Waals surface area contributed by atoms with Gasteiger partial charge in [0.15, 0.2) is 0 Å². The minimum absolute atomic E-state index is 0.160. The lowest BCUT2D eigenvalue weighted by Crippen LogP contribution is -2.14. The molecule has 0 saturated heterocycles. The van der Waals surface area contributed by atoms with Gasteiger partial charge in [-0.2, -0.15) is 0 Å². The van der Waals surface area contributed by atoms with Crippen LogP contribution in [0.25, 0.3) is 10.9 Å². The van der Waals surface area contributed by atoms with Gasteiger partial charge in [0.05, 0.1) is 11.6 Å². The third-order valence-corrected chi connectivity index (χ3v) is 3.59. The van der Waals surface area contributed by atoms with Crippen molar-refractivity contribution in [2.24, 2.45) is 5.73 Å². The van der Waals surface area contributed by atoms with Crippen LogP contribution in [0.4, 0.5) is 0 Å². The van der Waals surface area contributed by atoms with Gasteiger partial charge in [-0.1, -0.05) is 18.2 Å². The molecule has 0 fully saturated rings. The molecule has 3 rings (SSSR count). The number of aryl methyl sites for hydroxylation is 2. The largest absolute Gasteiger partial charge is 0.320 e. The van der Waals surface area contributed by atoms with E-state index in [0.717, 1.165) is 33.4 Å². The highest BCUT2D eigenvalue weighted by Gasteiger charge is 2.12. The van der Waals surface area contributed by atoms with Crippen molar-refractivity contribution in [1.29, 1.82) is 0 Å². The highest BCUT2D eigenvalue weighted by molar-refractivity contribution is 5.79. The van der Waals surface area contributed by atoms with Gasteiger partial charge in [-0.3, -0.25) is 9.97 Å². The van der Waals surface area contributed by atoms with Gasteiger partial charge >= 0.3 is 0 Å². The van der Waals surface area contributed by atoms with Crippen molar-refractivity contribution in [3.05, 3.63) is 71.2 Å². The van der Waals surface area contributed by atoms with Crippen LogP contribution in [0.15, 0.2) is 48.7 Å². The van der Waals surface area contributed by atoms with Gasteiger partial charge in [-0.05, 0) is 49.2 Å². The van der Waals surface area contributed by atoms with E-state index in [1.54, 1.807) is 6.20 Å². The van der Waals surface area contributed by atoms with Crippen LogP contribution in [0.3, 0.4) is 0 Å². The summed E-state index contributed by atoms with van der Waals surface area (Å²) in [5.41, 5.74) is 11.5. The Morgan fingerprint density at radius 2 is 1.90 bits per heavy atom. The van der Waals surface area contributed by atoms with Gasteiger partial charge in [0.25, 0.3) is 0 Å². The Labute approximate surface area is 118 Å². The first-order valence-electron chi connectivity index (χ1n) is 6.69. The smallest absolute Gasteiger partial charge is 0.0702 e. The molecule has 2 aromatic heterocycles. The van der Waals surface area contributed by atoms with Crippen molar-refractivity contribution in [2.45, 2.75) is 19.9 Å². The summed E-state index contributed by atoms with van der Waals surface area (Å²) in [5.74, 6) is 0. The molecule has 1 aromatic carbocycles. The number of hydrogen-bond donors (Lipinski definition) is 1. The summed E-state index contributed by atoms with van der Waals surface area (Å²) in [6.07, 6.45) is 1.80. The summed E-state index contributed by atoms with van der Waals surface area (Å²) in [4.78, 5) is 8.82. The topological polar surface area (TPSA) is 51.8 Å². The standard InChI is InChI=1S/C17H17N3/c1-11-5-7-15(12(2)20-11)17(18)14-6-8-16-13(10-14)4-3-9-19-16/h3-10,17H,18H2,1-2H3. The molecule has 100 valence electrons. The molecule has 2 heterocycles. The Bertz CT molecular complexity index is 765. The molecule has 20 heavy (non-hydrogen) atoms. The van der Waals surface area contributed by atoms with E-state index in [4.69, 9.17) is 5.73 Å². The number of aromatic nitrogens is 2. The van der Waals surface area contributed by atoms with Gasteiger partial charge < -0.3 is 5.73 Å². The fourth-order valence-electron chi connectivity index (χ4n) is 2.49. The molecule has 0 saturated carbocycles. The zero-order valence-electron chi connectivity index (χ0n) is 11.7.